The van der Waals surface area contributed by atoms with Gasteiger partial charge in [-0.15, -0.1) is 24.0 Å². The average molecular weight is 577 g/mol. The maximum atomic E-state index is 13.5. The molecule has 1 aromatic rings. The van der Waals surface area contributed by atoms with Crippen LogP contribution in [0.4, 0.5) is 4.39 Å². The number of halogens is 2. The summed E-state index contributed by atoms with van der Waals surface area (Å²) in [6.07, 6.45) is 0. The molecule has 1 aromatic carbocycles. The lowest BCUT2D eigenvalue weighted by Crippen LogP contribution is -2.47. The fourth-order valence-corrected chi connectivity index (χ4v) is 4.34. The molecule has 2 aliphatic rings. The molecular formula is C24H42FIN6O. The standard InChI is InChI=1S/C24H41FN6O.HI/c1-4-26-24(27-17-20(2)19-30-11-9-29(3)10-12-30)28-18-23(31-13-15-32-16-14-31)21-5-7-22(25)8-6-21;/h5-8,20,23H,4,9-19H2,1-3H3,(H2,26,27,28);1H. The Morgan fingerprint density at radius 1 is 1.06 bits per heavy atom. The smallest absolute Gasteiger partial charge is 0.191 e. The van der Waals surface area contributed by atoms with Crippen LogP contribution in [-0.2, 0) is 4.74 Å². The number of hydrogen-bond acceptors (Lipinski definition) is 5. The maximum Gasteiger partial charge on any atom is 0.191 e. The molecule has 2 atom stereocenters. The van der Waals surface area contributed by atoms with E-state index in [1.807, 2.05) is 12.1 Å². The molecule has 2 unspecified atom stereocenters. The maximum absolute atomic E-state index is 13.5. The van der Waals surface area contributed by atoms with Gasteiger partial charge in [0.1, 0.15) is 5.82 Å². The van der Waals surface area contributed by atoms with Gasteiger partial charge in [0.2, 0.25) is 0 Å². The molecule has 3 rings (SSSR count). The van der Waals surface area contributed by atoms with Crippen LogP contribution >= 0.6 is 24.0 Å². The Morgan fingerprint density at radius 2 is 1.73 bits per heavy atom. The average Bonchev–Trinajstić information content (AvgIpc) is 2.81. The van der Waals surface area contributed by atoms with Crippen LogP contribution in [0.1, 0.15) is 25.5 Å². The van der Waals surface area contributed by atoms with Gasteiger partial charge in [-0.05, 0) is 37.6 Å². The van der Waals surface area contributed by atoms with Crippen LogP contribution < -0.4 is 10.6 Å². The molecule has 0 radical (unpaired) electrons. The minimum atomic E-state index is -0.202. The Hall–Kier alpha value is -1.01. The van der Waals surface area contributed by atoms with Gasteiger partial charge in [-0.25, -0.2) is 4.39 Å². The van der Waals surface area contributed by atoms with Crippen molar-refractivity contribution in [3.05, 3.63) is 35.6 Å². The number of nitrogens with zero attached hydrogens (tertiary/aromatic N) is 4. The van der Waals surface area contributed by atoms with E-state index in [0.717, 1.165) is 83.6 Å². The van der Waals surface area contributed by atoms with Gasteiger partial charge in [-0.1, -0.05) is 19.1 Å². The predicted octanol–water partition coefficient (Wildman–Crippen LogP) is 2.26. The monoisotopic (exact) mass is 576 g/mol. The largest absolute Gasteiger partial charge is 0.379 e. The first kappa shape index (κ1) is 28.2. The molecule has 2 N–H and O–H groups in total. The zero-order valence-electron chi connectivity index (χ0n) is 20.4. The Bertz CT molecular complexity index is 693. The van der Waals surface area contributed by atoms with Gasteiger partial charge in [0, 0.05) is 65.4 Å². The molecule has 0 aliphatic carbocycles. The molecule has 0 amide bonds. The second kappa shape index (κ2) is 15.1. The summed E-state index contributed by atoms with van der Waals surface area (Å²) in [4.78, 5) is 12.2. The van der Waals surface area contributed by atoms with E-state index in [9.17, 15) is 4.39 Å². The number of benzene rings is 1. The fraction of sp³-hybridized carbons (Fsp3) is 0.708. The first-order chi connectivity index (χ1) is 15.5. The first-order valence-electron chi connectivity index (χ1n) is 12.1. The highest BCUT2D eigenvalue weighted by molar-refractivity contribution is 14.0. The van der Waals surface area contributed by atoms with E-state index >= 15 is 0 Å². The lowest BCUT2D eigenvalue weighted by atomic mass is 10.0. The highest BCUT2D eigenvalue weighted by Crippen LogP contribution is 2.21. The van der Waals surface area contributed by atoms with Crippen LogP contribution in [0.2, 0.25) is 0 Å². The second-order valence-electron chi connectivity index (χ2n) is 9.03. The SMILES string of the molecule is CCNC(=NCC(C)CN1CCN(C)CC1)NCC(c1ccc(F)cc1)N1CCOCC1.I. The molecule has 0 spiro atoms. The van der Waals surface area contributed by atoms with E-state index in [1.165, 1.54) is 0 Å². The molecule has 2 fully saturated rings. The number of ether oxygens (including phenoxy) is 1. The summed E-state index contributed by atoms with van der Waals surface area (Å²) in [5, 5.41) is 6.92. The summed E-state index contributed by atoms with van der Waals surface area (Å²) in [5.41, 5.74) is 1.11. The number of piperazine rings is 1. The van der Waals surface area contributed by atoms with Crippen LogP contribution in [0.5, 0.6) is 0 Å². The molecule has 0 aromatic heterocycles. The summed E-state index contributed by atoms with van der Waals surface area (Å²) >= 11 is 0. The summed E-state index contributed by atoms with van der Waals surface area (Å²) in [6, 6.07) is 7.01. The summed E-state index contributed by atoms with van der Waals surface area (Å²) in [5.74, 6) is 1.14. The van der Waals surface area contributed by atoms with E-state index in [2.05, 4.69) is 46.2 Å². The zero-order valence-corrected chi connectivity index (χ0v) is 22.8. The third-order valence-corrected chi connectivity index (χ3v) is 6.28. The van der Waals surface area contributed by atoms with Crippen LogP contribution in [0.25, 0.3) is 0 Å². The molecule has 9 heteroatoms. The van der Waals surface area contributed by atoms with Crippen molar-refractivity contribution in [1.29, 1.82) is 0 Å². The van der Waals surface area contributed by atoms with Crippen molar-refractivity contribution in [2.75, 3.05) is 85.7 Å². The molecule has 2 saturated heterocycles. The van der Waals surface area contributed by atoms with E-state index in [1.54, 1.807) is 12.1 Å². The Balaban J connectivity index is 0.00000385. The van der Waals surface area contributed by atoms with Crippen LogP contribution in [0, 0.1) is 11.7 Å². The molecule has 0 saturated carbocycles. The first-order valence-corrected chi connectivity index (χ1v) is 12.1. The molecule has 188 valence electrons. The fourth-order valence-electron chi connectivity index (χ4n) is 4.34. The van der Waals surface area contributed by atoms with Crippen molar-refractivity contribution in [2.45, 2.75) is 19.9 Å². The number of rotatable bonds is 9. The summed E-state index contributed by atoms with van der Waals surface area (Å²) < 4.78 is 19.0. The minimum Gasteiger partial charge on any atom is -0.379 e. The number of aliphatic imine (C=N–C) groups is 1. The molecule has 0 bridgehead atoms. The Morgan fingerprint density at radius 3 is 2.36 bits per heavy atom. The topological polar surface area (TPSA) is 55.4 Å². The quantitative estimate of drug-likeness (QED) is 0.268. The van der Waals surface area contributed by atoms with Gasteiger partial charge in [0.15, 0.2) is 5.96 Å². The third kappa shape index (κ3) is 9.64. The lowest BCUT2D eigenvalue weighted by molar-refractivity contribution is 0.0170. The third-order valence-electron chi connectivity index (χ3n) is 6.28. The number of likely N-dealkylation sites (N-methyl/N-ethyl adjacent to an activating group) is 1. The number of hydrogen-bond donors (Lipinski definition) is 2. The van der Waals surface area contributed by atoms with Gasteiger partial charge >= 0.3 is 0 Å². The molecule has 7 nitrogen and oxygen atoms in total. The van der Waals surface area contributed by atoms with Gasteiger partial charge in [0.25, 0.3) is 0 Å². The lowest BCUT2D eigenvalue weighted by Gasteiger charge is -2.35. The Labute approximate surface area is 216 Å². The van der Waals surface area contributed by atoms with Crippen LogP contribution in [0.3, 0.4) is 0 Å². The minimum absolute atomic E-state index is 0. The zero-order chi connectivity index (χ0) is 22.8. The number of morpholine rings is 1. The van der Waals surface area contributed by atoms with Crippen LogP contribution in [-0.4, -0.2) is 106 Å². The summed E-state index contributed by atoms with van der Waals surface area (Å²) in [6.45, 7) is 15.6. The van der Waals surface area contributed by atoms with Crippen molar-refractivity contribution in [2.24, 2.45) is 10.9 Å². The number of nitrogens with one attached hydrogen (secondary N) is 2. The predicted molar refractivity (Wildman–Crippen MR) is 144 cm³/mol. The van der Waals surface area contributed by atoms with Crippen molar-refractivity contribution < 1.29 is 9.13 Å². The highest BCUT2D eigenvalue weighted by Gasteiger charge is 2.23. The van der Waals surface area contributed by atoms with Crippen molar-refractivity contribution in [3.8, 4) is 0 Å². The van der Waals surface area contributed by atoms with Gasteiger partial charge in [-0.3, -0.25) is 9.89 Å². The number of guanidine groups is 1. The molecule has 2 aliphatic heterocycles. The van der Waals surface area contributed by atoms with E-state index in [-0.39, 0.29) is 35.8 Å². The molecule has 2 heterocycles. The summed E-state index contributed by atoms with van der Waals surface area (Å²) in [7, 11) is 2.19. The Kier molecular flexibility index (Phi) is 12.9. The van der Waals surface area contributed by atoms with Crippen LogP contribution in [0.15, 0.2) is 29.3 Å². The van der Waals surface area contributed by atoms with E-state index in [4.69, 9.17) is 9.73 Å². The van der Waals surface area contributed by atoms with E-state index < -0.39 is 0 Å². The van der Waals surface area contributed by atoms with Gasteiger partial charge in [0.05, 0.1) is 19.3 Å². The van der Waals surface area contributed by atoms with Crippen molar-refractivity contribution in [1.82, 2.24) is 25.3 Å². The highest BCUT2D eigenvalue weighted by atomic mass is 127. The van der Waals surface area contributed by atoms with Crippen molar-refractivity contribution in [3.63, 3.8) is 0 Å². The normalized spacial score (nSPS) is 20.7. The van der Waals surface area contributed by atoms with Gasteiger partial charge < -0.3 is 25.2 Å². The molecular weight excluding hydrogens is 534 g/mol. The van der Waals surface area contributed by atoms with E-state index in [0.29, 0.717) is 12.5 Å². The van der Waals surface area contributed by atoms with Crippen molar-refractivity contribution >= 4 is 29.9 Å². The van der Waals surface area contributed by atoms with Gasteiger partial charge in [-0.2, -0.15) is 0 Å². The second-order valence-corrected chi connectivity index (χ2v) is 9.03. The molecule has 33 heavy (non-hydrogen) atoms.